The maximum Gasteiger partial charge on any atom is 0.122 e. The lowest BCUT2D eigenvalue weighted by atomic mass is 9.95. The van der Waals surface area contributed by atoms with E-state index in [0.29, 0.717) is 0 Å². The Balaban J connectivity index is 2.61. The molecule has 2 atom stereocenters. The highest BCUT2D eigenvalue weighted by Gasteiger charge is 2.25. The number of aliphatic hydroxyl groups excluding tert-OH is 1. The molecule has 3 heteroatoms. The zero-order valence-corrected chi connectivity index (χ0v) is 11.9. The quantitative estimate of drug-likeness (QED) is 0.782. The molecule has 2 unspecified atom stereocenters. The van der Waals surface area contributed by atoms with Gasteiger partial charge in [0.05, 0.1) is 12.7 Å². The second-order valence-electron chi connectivity index (χ2n) is 5.15. The van der Waals surface area contributed by atoms with Gasteiger partial charge in [-0.3, -0.25) is 0 Å². The zero-order valence-electron chi connectivity index (χ0n) is 11.9. The van der Waals surface area contributed by atoms with E-state index >= 15 is 0 Å². The predicted molar refractivity (Wildman–Crippen MR) is 75.1 cm³/mol. The summed E-state index contributed by atoms with van der Waals surface area (Å²) in [7, 11) is 0. The monoisotopic (exact) mass is 251 g/mol. The summed E-state index contributed by atoms with van der Waals surface area (Å²) in [5.74, 6) is 0.918. The molecule has 0 heterocycles. The second-order valence-corrected chi connectivity index (χ2v) is 5.15. The minimum atomic E-state index is -0.281. The Labute approximate surface area is 110 Å². The molecule has 0 spiro atoms. The van der Waals surface area contributed by atoms with Crippen LogP contribution in [0.15, 0.2) is 24.3 Å². The normalized spacial score (nSPS) is 16.1. The van der Waals surface area contributed by atoms with E-state index in [2.05, 4.69) is 5.32 Å². The average Bonchev–Trinajstić information content (AvgIpc) is 2.32. The topological polar surface area (TPSA) is 41.5 Å². The molecule has 0 fully saturated rings. The third-order valence-corrected chi connectivity index (χ3v) is 3.11. The Bertz CT molecular complexity index is 367. The van der Waals surface area contributed by atoms with Crippen LogP contribution in [0.5, 0.6) is 5.75 Å². The molecule has 1 aromatic rings. The van der Waals surface area contributed by atoms with Crippen LogP contribution in [-0.4, -0.2) is 29.9 Å². The smallest absolute Gasteiger partial charge is 0.122 e. The van der Waals surface area contributed by atoms with Crippen LogP contribution in [0.2, 0.25) is 0 Å². The minimum Gasteiger partial charge on any atom is -0.490 e. The van der Waals surface area contributed by atoms with Gasteiger partial charge in [-0.05, 0) is 38.9 Å². The van der Waals surface area contributed by atoms with Gasteiger partial charge < -0.3 is 15.2 Å². The summed E-state index contributed by atoms with van der Waals surface area (Å²) >= 11 is 0. The van der Waals surface area contributed by atoms with Gasteiger partial charge in [-0.2, -0.15) is 0 Å². The molecule has 0 aromatic heterocycles. The fraction of sp³-hybridized carbons (Fsp3) is 0.600. The number of rotatable bonds is 7. The summed E-state index contributed by atoms with van der Waals surface area (Å²) in [5.41, 5.74) is 0.857. The van der Waals surface area contributed by atoms with Crippen LogP contribution in [0.1, 0.15) is 32.8 Å². The van der Waals surface area contributed by atoms with Gasteiger partial charge in [0.25, 0.3) is 0 Å². The molecule has 102 valence electrons. The van der Waals surface area contributed by atoms with Crippen molar-refractivity contribution < 1.29 is 9.84 Å². The predicted octanol–water partition coefficient (Wildman–Crippen LogP) is 2.51. The van der Waals surface area contributed by atoms with Crippen molar-refractivity contribution in [1.29, 1.82) is 0 Å². The first-order valence-corrected chi connectivity index (χ1v) is 6.59. The Morgan fingerprint density at radius 3 is 2.61 bits per heavy atom. The van der Waals surface area contributed by atoms with E-state index in [1.165, 1.54) is 0 Å². The highest BCUT2D eigenvalue weighted by atomic mass is 16.5. The van der Waals surface area contributed by atoms with E-state index in [4.69, 9.17) is 4.74 Å². The van der Waals surface area contributed by atoms with Crippen molar-refractivity contribution in [1.82, 2.24) is 5.32 Å². The summed E-state index contributed by atoms with van der Waals surface area (Å²) in [5, 5.41) is 12.8. The number of ether oxygens (including phenoxy) is 1. The van der Waals surface area contributed by atoms with Crippen LogP contribution in [0.4, 0.5) is 0 Å². The van der Waals surface area contributed by atoms with Crippen LogP contribution in [0.3, 0.4) is 0 Å². The first-order chi connectivity index (χ1) is 8.50. The average molecular weight is 251 g/mol. The molecule has 18 heavy (non-hydrogen) atoms. The standard InChI is InChI=1S/C15H25NO2/c1-5-16-15(4,11-17)10-13(3)18-14-9-7-6-8-12(14)2/h6-9,13,16-17H,5,10-11H2,1-4H3. The number of hydrogen-bond acceptors (Lipinski definition) is 3. The number of hydrogen-bond donors (Lipinski definition) is 2. The first kappa shape index (κ1) is 15.0. The molecule has 3 nitrogen and oxygen atoms in total. The van der Waals surface area contributed by atoms with Gasteiger partial charge in [-0.25, -0.2) is 0 Å². The van der Waals surface area contributed by atoms with E-state index in [-0.39, 0.29) is 18.2 Å². The van der Waals surface area contributed by atoms with Crippen LogP contribution < -0.4 is 10.1 Å². The van der Waals surface area contributed by atoms with Crippen molar-refractivity contribution in [2.24, 2.45) is 0 Å². The van der Waals surface area contributed by atoms with E-state index in [0.717, 1.165) is 24.3 Å². The fourth-order valence-corrected chi connectivity index (χ4v) is 2.20. The van der Waals surface area contributed by atoms with Gasteiger partial charge in [0.2, 0.25) is 0 Å². The van der Waals surface area contributed by atoms with Crippen LogP contribution >= 0.6 is 0 Å². The summed E-state index contributed by atoms with van der Waals surface area (Å²) in [6, 6.07) is 8.00. The molecule has 1 rings (SSSR count). The third-order valence-electron chi connectivity index (χ3n) is 3.11. The molecule has 0 aliphatic carbocycles. The van der Waals surface area contributed by atoms with E-state index in [1.807, 2.05) is 52.0 Å². The van der Waals surface area contributed by atoms with Crippen molar-refractivity contribution in [2.45, 2.75) is 45.8 Å². The van der Waals surface area contributed by atoms with Crippen molar-refractivity contribution in [3.8, 4) is 5.75 Å². The fourth-order valence-electron chi connectivity index (χ4n) is 2.20. The summed E-state index contributed by atoms with van der Waals surface area (Å²) in [6.07, 6.45) is 0.827. The lowest BCUT2D eigenvalue weighted by Crippen LogP contribution is -2.48. The molecule has 0 aliphatic heterocycles. The van der Waals surface area contributed by atoms with Crippen LogP contribution in [0, 0.1) is 6.92 Å². The van der Waals surface area contributed by atoms with Crippen LogP contribution in [0.25, 0.3) is 0 Å². The van der Waals surface area contributed by atoms with Gasteiger partial charge in [-0.15, -0.1) is 0 Å². The van der Waals surface area contributed by atoms with Crippen molar-refractivity contribution in [3.63, 3.8) is 0 Å². The number of para-hydroxylation sites is 1. The molecular weight excluding hydrogens is 226 g/mol. The lowest BCUT2D eigenvalue weighted by molar-refractivity contribution is 0.111. The van der Waals surface area contributed by atoms with Gasteiger partial charge >= 0.3 is 0 Å². The number of nitrogens with one attached hydrogen (secondary N) is 1. The molecule has 1 aromatic carbocycles. The van der Waals surface area contributed by atoms with Gasteiger partial charge in [0.1, 0.15) is 5.75 Å². The number of aryl methyl sites for hydroxylation is 1. The first-order valence-electron chi connectivity index (χ1n) is 6.59. The second kappa shape index (κ2) is 6.76. The Morgan fingerprint density at radius 2 is 2.06 bits per heavy atom. The van der Waals surface area contributed by atoms with Crippen molar-refractivity contribution in [3.05, 3.63) is 29.8 Å². The summed E-state index contributed by atoms with van der Waals surface area (Å²) in [6.45, 7) is 9.10. The molecule has 0 bridgehead atoms. The number of benzene rings is 1. The number of aliphatic hydroxyl groups is 1. The van der Waals surface area contributed by atoms with Gasteiger partial charge in [0, 0.05) is 12.0 Å². The Kier molecular flexibility index (Phi) is 5.63. The van der Waals surface area contributed by atoms with Crippen LogP contribution in [-0.2, 0) is 0 Å². The van der Waals surface area contributed by atoms with Gasteiger partial charge in [-0.1, -0.05) is 25.1 Å². The summed E-state index contributed by atoms with van der Waals surface area (Å²) in [4.78, 5) is 0. The number of likely N-dealkylation sites (N-methyl/N-ethyl adjacent to an activating group) is 1. The van der Waals surface area contributed by atoms with E-state index < -0.39 is 0 Å². The molecular formula is C15H25NO2. The molecule has 0 radical (unpaired) electrons. The molecule has 0 saturated heterocycles. The van der Waals surface area contributed by atoms with Crippen molar-refractivity contribution in [2.75, 3.05) is 13.2 Å². The molecule has 0 saturated carbocycles. The maximum absolute atomic E-state index is 9.47. The van der Waals surface area contributed by atoms with E-state index in [1.54, 1.807) is 0 Å². The highest BCUT2D eigenvalue weighted by molar-refractivity contribution is 5.31. The molecule has 0 aliphatic rings. The third kappa shape index (κ3) is 4.31. The zero-order chi connectivity index (χ0) is 13.6. The minimum absolute atomic E-state index is 0.0577. The van der Waals surface area contributed by atoms with E-state index in [9.17, 15) is 5.11 Å². The maximum atomic E-state index is 9.47. The largest absolute Gasteiger partial charge is 0.490 e. The summed E-state index contributed by atoms with van der Waals surface area (Å²) < 4.78 is 5.94. The SMILES string of the molecule is CCNC(C)(CO)CC(C)Oc1ccccc1C. The highest BCUT2D eigenvalue weighted by Crippen LogP contribution is 2.21. The molecule has 0 amide bonds. The van der Waals surface area contributed by atoms with Gasteiger partial charge in [0.15, 0.2) is 0 Å². The van der Waals surface area contributed by atoms with Crippen molar-refractivity contribution >= 4 is 0 Å². The Morgan fingerprint density at radius 1 is 1.39 bits per heavy atom. The molecule has 2 N–H and O–H groups in total. The Hall–Kier alpha value is -1.06. The lowest BCUT2D eigenvalue weighted by Gasteiger charge is -2.31.